The quantitative estimate of drug-likeness (QED) is 0.849. The SMILES string of the molecule is COc1ccc(C)cc1[C@@H](C)NC(=O)N(C)C[C@H](O)C1CC1. The number of ether oxygens (including phenoxy) is 1. The van der Waals surface area contributed by atoms with Crippen LogP contribution >= 0.6 is 0 Å². The van der Waals surface area contributed by atoms with E-state index in [-0.39, 0.29) is 12.1 Å². The molecule has 22 heavy (non-hydrogen) atoms. The van der Waals surface area contributed by atoms with E-state index in [9.17, 15) is 9.90 Å². The first-order chi connectivity index (χ1) is 10.4. The lowest BCUT2D eigenvalue weighted by Crippen LogP contribution is -2.42. The molecule has 122 valence electrons. The normalized spacial score (nSPS) is 16.8. The predicted molar refractivity (Wildman–Crippen MR) is 86.0 cm³/mol. The molecule has 2 amide bonds. The molecule has 1 aliphatic carbocycles. The van der Waals surface area contributed by atoms with Crippen molar-refractivity contribution >= 4 is 6.03 Å². The first-order valence-electron chi connectivity index (χ1n) is 7.76. The molecule has 1 fully saturated rings. The van der Waals surface area contributed by atoms with Gasteiger partial charge in [0.1, 0.15) is 5.75 Å². The summed E-state index contributed by atoms with van der Waals surface area (Å²) in [6.07, 6.45) is 1.71. The zero-order chi connectivity index (χ0) is 16.3. The van der Waals surface area contributed by atoms with Crippen LogP contribution in [0.5, 0.6) is 5.75 Å². The topological polar surface area (TPSA) is 61.8 Å². The molecule has 5 nitrogen and oxygen atoms in total. The summed E-state index contributed by atoms with van der Waals surface area (Å²) in [6, 6.07) is 5.56. The highest BCUT2D eigenvalue weighted by Crippen LogP contribution is 2.32. The average molecular weight is 306 g/mol. The lowest BCUT2D eigenvalue weighted by molar-refractivity contribution is 0.112. The van der Waals surface area contributed by atoms with Gasteiger partial charge >= 0.3 is 6.03 Å². The minimum absolute atomic E-state index is 0.164. The smallest absolute Gasteiger partial charge is 0.317 e. The number of carbonyl (C=O) groups is 1. The number of hydrogen-bond donors (Lipinski definition) is 2. The summed E-state index contributed by atoms with van der Waals surface area (Å²) in [5.41, 5.74) is 2.07. The number of urea groups is 1. The third kappa shape index (κ3) is 4.13. The molecule has 0 spiro atoms. The van der Waals surface area contributed by atoms with Gasteiger partial charge in [0, 0.05) is 19.2 Å². The third-order valence-corrected chi connectivity index (χ3v) is 4.17. The van der Waals surface area contributed by atoms with E-state index in [2.05, 4.69) is 5.32 Å². The fourth-order valence-corrected chi connectivity index (χ4v) is 2.56. The molecule has 0 heterocycles. The van der Waals surface area contributed by atoms with Crippen molar-refractivity contribution in [2.24, 2.45) is 5.92 Å². The van der Waals surface area contributed by atoms with Crippen LogP contribution in [0.4, 0.5) is 4.79 Å². The Balaban J connectivity index is 1.96. The molecule has 1 aromatic rings. The zero-order valence-corrected chi connectivity index (χ0v) is 13.8. The van der Waals surface area contributed by atoms with E-state index in [1.165, 1.54) is 0 Å². The maximum absolute atomic E-state index is 12.3. The molecule has 0 bridgehead atoms. The molecule has 0 saturated heterocycles. The van der Waals surface area contributed by atoms with Crippen LogP contribution in [0.15, 0.2) is 18.2 Å². The minimum atomic E-state index is -0.417. The molecule has 1 aromatic carbocycles. The van der Waals surface area contributed by atoms with E-state index >= 15 is 0 Å². The Hall–Kier alpha value is -1.75. The molecular formula is C17H26N2O3. The standard InChI is InChI=1S/C17H26N2O3/c1-11-5-8-16(22-4)14(9-11)12(2)18-17(21)19(3)10-15(20)13-6-7-13/h5,8-9,12-13,15,20H,6-7,10H2,1-4H3,(H,18,21)/t12-,15+/m1/s1. The van der Waals surface area contributed by atoms with E-state index in [1.54, 1.807) is 19.1 Å². The molecule has 5 heteroatoms. The van der Waals surface area contributed by atoms with Crippen molar-refractivity contribution in [3.05, 3.63) is 29.3 Å². The second-order valence-electron chi connectivity index (χ2n) is 6.20. The molecule has 1 aliphatic rings. The summed E-state index contributed by atoms with van der Waals surface area (Å²) in [5.74, 6) is 1.13. The van der Waals surface area contributed by atoms with Gasteiger partial charge in [0.15, 0.2) is 0 Å². The van der Waals surface area contributed by atoms with Crippen LogP contribution in [0.3, 0.4) is 0 Å². The Morgan fingerprint density at radius 3 is 2.77 bits per heavy atom. The lowest BCUT2D eigenvalue weighted by atomic mass is 10.0. The number of likely N-dealkylation sites (N-methyl/N-ethyl adjacent to an activating group) is 1. The van der Waals surface area contributed by atoms with Crippen LogP contribution < -0.4 is 10.1 Å². The zero-order valence-electron chi connectivity index (χ0n) is 13.8. The van der Waals surface area contributed by atoms with E-state index in [1.807, 2.05) is 32.0 Å². The molecule has 2 rings (SSSR count). The number of aryl methyl sites for hydroxylation is 1. The Labute approximate surface area is 132 Å². The molecule has 0 unspecified atom stereocenters. The minimum Gasteiger partial charge on any atom is -0.496 e. The second kappa shape index (κ2) is 7.01. The number of benzene rings is 1. The summed E-state index contributed by atoms with van der Waals surface area (Å²) < 4.78 is 5.36. The molecule has 0 aromatic heterocycles. The van der Waals surface area contributed by atoms with Gasteiger partial charge in [-0.15, -0.1) is 0 Å². The molecular weight excluding hydrogens is 280 g/mol. The van der Waals surface area contributed by atoms with Gasteiger partial charge in [-0.2, -0.15) is 0 Å². The van der Waals surface area contributed by atoms with E-state index < -0.39 is 6.10 Å². The summed E-state index contributed by atoms with van der Waals surface area (Å²) in [5, 5.41) is 12.9. The summed E-state index contributed by atoms with van der Waals surface area (Å²) in [4.78, 5) is 13.8. The second-order valence-corrected chi connectivity index (χ2v) is 6.20. The van der Waals surface area contributed by atoms with Crippen LogP contribution in [0.2, 0.25) is 0 Å². The van der Waals surface area contributed by atoms with Gasteiger partial charge in [-0.25, -0.2) is 4.79 Å². The van der Waals surface area contributed by atoms with Crippen LogP contribution in [0.1, 0.15) is 36.9 Å². The lowest BCUT2D eigenvalue weighted by Gasteiger charge is -2.24. The summed E-state index contributed by atoms with van der Waals surface area (Å²) in [7, 11) is 3.34. The van der Waals surface area contributed by atoms with Crippen molar-refractivity contribution in [2.45, 2.75) is 38.8 Å². The number of aliphatic hydroxyl groups excluding tert-OH is 1. The Morgan fingerprint density at radius 2 is 2.18 bits per heavy atom. The highest BCUT2D eigenvalue weighted by atomic mass is 16.5. The summed E-state index contributed by atoms with van der Waals surface area (Å²) >= 11 is 0. The fourth-order valence-electron chi connectivity index (χ4n) is 2.56. The number of nitrogens with zero attached hydrogens (tertiary/aromatic N) is 1. The Kier molecular flexibility index (Phi) is 5.29. The molecule has 0 aliphatic heterocycles. The fraction of sp³-hybridized carbons (Fsp3) is 0.588. The van der Waals surface area contributed by atoms with Gasteiger partial charge in [0.05, 0.1) is 19.3 Å². The Morgan fingerprint density at radius 1 is 1.50 bits per heavy atom. The molecule has 2 N–H and O–H groups in total. The van der Waals surface area contributed by atoms with Crippen molar-refractivity contribution in [3.63, 3.8) is 0 Å². The van der Waals surface area contributed by atoms with E-state index in [4.69, 9.17) is 4.74 Å². The third-order valence-electron chi connectivity index (χ3n) is 4.17. The molecule has 0 radical (unpaired) electrons. The van der Waals surface area contributed by atoms with Crippen molar-refractivity contribution in [3.8, 4) is 5.75 Å². The number of hydrogen-bond acceptors (Lipinski definition) is 3. The van der Waals surface area contributed by atoms with Crippen molar-refractivity contribution < 1.29 is 14.6 Å². The number of aliphatic hydroxyl groups is 1. The highest BCUT2D eigenvalue weighted by molar-refractivity contribution is 5.74. The first kappa shape index (κ1) is 16.6. The van der Waals surface area contributed by atoms with Crippen molar-refractivity contribution in [2.75, 3.05) is 20.7 Å². The van der Waals surface area contributed by atoms with Crippen molar-refractivity contribution in [1.82, 2.24) is 10.2 Å². The molecule has 1 saturated carbocycles. The average Bonchev–Trinajstić information content (AvgIpc) is 3.31. The number of rotatable bonds is 6. The van der Waals surface area contributed by atoms with Gasteiger partial charge in [0.25, 0.3) is 0 Å². The number of methoxy groups -OCH3 is 1. The number of carbonyl (C=O) groups excluding carboxylic acids is 1. The summed E-state index contributed by atoms with van der Waals surface area (Å²) in [6.45, 7) is 4.31. The van der Waals surface area contributed by atoms with Gasteiger partial charge in [0.2, 0.25) is 0 Å². The monoisotopic (exact) mass is 306 g/mol. The van der Waals surface area contributed by atoms with Crippen LogP contribution in [-0.2, 0) is 0 Å². The largest absolute Gasteiger partial charge is 0.496 e. The van der Waals surface area contributed by atoms with Gasteiger partial charge in [-0.3, -0.25) is 0 Å². The highest BCUT2D eigenvalue weighted by Gasteiger charge is 2.31. The number of nitrogens with one attached hydrogen (secondary N) is 1. The number of amides is 2. The van der Waals surface area contributed by atoms with Gasteiger partial charge in [-0.1, -0.05) is 17.7 Å². The first-order valence-corrected chi connectivity index (χ1v) is 7.76. The van der Waals surface area contributed by atoms with Crippen LogP contribution in [0.25, 0.3) is 0 Å². The van der Waals surface area contributed by atoms with E-state index in [0.29, 0.717) is 12.5 Å². The van der Waals surface area contributed by atoms with Crippen LogP contribution in [0, 0.1) is 12.8 Å². The van der Waals surface area contributed by atoms with Gasteiger partial charge in [-0.05, 0) is 38.7 Å². The van der Waals surface area contributed by atoms with E-state index in [0.717, 1.165) is 29.7 Å². The Bertz CT molecular complexity index is 529. The maximum Gasteiger partial charge on any atom is 0.317 e. The van der Waals surface area contributed by atoms with Crippen molar-refractivity contribution in [1.29, 1.82) is 0 Å². The van der Waals surface area contributed by atoms with Crippen LogP contribution in [-0.4, -0.2) is 42.8 Å². The maximum atomic E-state index is 12.3. The predicted octanol–water partition coefficient (Wildman–Crippen LogP) is 2.48. The van der Waals surface area contributed by atoms with Gasteiger partial charge < -0.3 is 20.1 Å². The molecule has 2 atom stereocenters.